The zero-order valence-corrected chi connectivity index (χ0v) is 18.3. The summed E-state index contributed by atoms with van der Waals surface area (Å²) in [6, 6.07) is 20.1. The van der Waals surface area contributed by atoms with Crippen LogP contribution in [0.3, 0.4) is 0 Å². The van der Waals surface area contributed by atoms with Crippen LogP contribution in [-0.2, 0) is 0 Å². The molecule has 2 aromatic carbocycles. The molecule has 1 fully saturated rings. The van der Waals surface area contributed by atoms with Gasteiger partial charge < -0.3 is 16.1 Å². The smallest absolute Gasteiger partial charge is 0.104 e. The predicted octanol–water partition coefficient (Wildman–Crippen LogP) is 6.22. The van der Waals surface area contributed by atoms with Crippen LogP contribution < -0.4 is 5.32 Å². The van der Waals surface area contributed by atoms with Gasteiger partial charge in [0.1, 0.15) is 5.69 Å². The van der Waals surface area contributed by atoms with Crippen LogP contribution in [0.4, 0.5) is 5.69 Å². The van der Waals surface area contributed by atoms with E-state index in [9.17, 15) is 0 Å². The molecule has 0 radical (unpaired) electrons. The number of aromatic nitrogens is 1. The van der Waals surface area contributed by atoms with E-state index in [1.807, 2.05) is 24.3 Å². The largest absolute Gasteiger partial charge is 0.383 e. The van der Waals surface area contributed by atoms with Crippen molar-refractivity contribution in [2.75, 3.05) is 11.9 Å². The predicted molar refractivity (Wildman–Crippen MR) is 131 cm³/mol. The van der Waals surface area contributed by atoms with Gasteiger partial charge in [0.05, 0.1) is 23.0 Å². The van der Waals surface area contributed by atoms with Gasteiger partial charge in [-0.25, -0.2) is 4.98 Å². The molecule has 0 saturated heterocycles. The van der Waals surface area contributed by atoms with E-state index in [2.05, 4.69) is 48.6 Å². The van der Waals surface area contributed by atoms with Crippen molar-refractivity contribution in [2.24, 2.45) is 5.92 Å². The molecule has 1 saturated carbocycles. The molecule has 0 amide bonds. The van der Waals surface area contributed by atoms with Crippen LogP contribution >= 0.6 is 0 Å². The summed E-state index contributed by atoms with van der Waals surface area (Å²) in [7, 11) is 0. The van der Waals surface area contributed by atoms with Crippen LogP contribution in [0.5, 0.6) is 0 Å². The molecule has 0 aliphatic heterocycles. The molecule has 32 heavy (non-hydrogen) atoms. The monoisotopic (exact) mass is 421 g/mol. The molecule has 1 heterocycles. The summed E-state index contributed by atoms with van der Waals surface area (Å²) in [6.07, 6.45) is 5.13. The molecule has 5 heteroatoms. The maximum Gasteiger partial charge on any atom is 0.104 e. The fourth-order valence-electron chi connectivity index (χ4n) is 4.14. The second-order valence-corrected chi connectivity index (χ2v) is 8.44. The Morgan fingerprint density at radius 3 is 2.34 bits per heavy atom. The van der Waals surface area contributed by atoms with Gasteiger partial charge in [-0.15, -0.1) is 0 Å². The zero-order valence-electron chi connectivity index (χ0n) is 18.3. The van der Waals surface area contributed by atoms with E-state index in [4.69, 9.17) is 21.1 Å². The van der Waals surface area contributed by atoms with Crippen LogP contribution in [0.15, 0.2) is 54.6 Å². The van der Waals surface area contributed by atoms with Crippen molar-refractivity contribution in [1.82, 2.24) is 4.98 Å². The Morgan fingerprint density at radius 1 is 1.06 bits per heavy atom. The second kappa shape index (κ2) is 9.57. The Balaban J connectivity index is 1.73. The number of nitrogens with zero attached hydrogens (tertiary/aromatic N) is 2. The van der Waals surface area contributed by atoms with Crippen LogP contribution in [0.1, 0.15) is 42.5 Å². The first-order valence-electron chi connectivity index (χ1n) is 11.0. The van der Waals surface area contributed by atoms with Crippen LogP contribution in [0.2, 0.25) is 0 Å². The third-order valence-corrected chi connectivity index (χ3v) is 6.13. The Kier molecular flexibility index (Phi) is 6.42. The van der Waals surface area contributed by atoms with Crippen molar-refractivity contribution in [3.05, 3.63) is 71.4 Å². The molecule has 4 rings (SSSR count). The Bertz CT molecular complexity index is 1160. The summed E-state index contributed by atoms with van der Waals surface area (Å²) in [5.41, 5.74) is 7.89. The Morgan fingerprint density at radius 2 is 1.72 bits per heavy atom. The number of benzene rings is 2. The molecule has 160 valence electrons. The third-order valence-electron chi connectivity index (χ3n) is 6.13. The molecule has 5 nitrogen and oxygen atoms in total. The average Bonchev–Trinajstić information content (AvgIpc) is 2.84. The summed E-state index contributed by atoms with van der Waals surface area (Å²) in [5, 5.41) is 28.5. The lowest BCUT2D eigenvalue weighted by Gasteiger charge is -2.24. The van der Waals surface area contributed by atoms with E-state index < -0.39 is 0 Å². The van der Waals surface area contributed by atoms with E-state index in [0.29, 0.717) is 17.2 Å². The number of nitriles is 1. The second-order valence-electron chi connectivity index (χ2n) is 8.44. The molecule has 1 aliphatic carbocycles. The highest BCUT2D eigenvalue weighted by Gasteiger charge is 2.18. The van der Waals surface area contributed by atoms with Gasteiger partial charge in [-0.05, 0) is 62.3 Å². The van der Waals surface area contributed by atoms with Crippen molar-refractivity contribution < 1.29 is 0 Å². The number of hydrogen-bond acceptors (Lipinski definition) is 5. The quantitative estimate of drug-likeness (QED) is 0.412. The highest BCUT2D eigenvalue weighted by Crippen LogP contribution is 2.34. The summed E-state index contributed by atoms with van der Waals surface area (Å²) in [6.45, 7) is 2.87. The maximum absolute atomic E-state index is 9.17. The van der Waals surface area contributed by atoms with Crippen molar-refractivity contribution in [2.45, 2.75) is 32.6 Å². The molecule has 0 atom stereocenters. The lowest BCUT2D eigenvalue weighted by Crippen LogP contribution is -2.21. The van der Waals surface area contributed by atoms with E-state index in [1.54, 1.807) is 0 Å². The summed E-state index contributed by atoms with van der Waals surface area (Å²) in [4.78, 5) is 4.88. The number of hydrogen-bond donors (Lipinski definition) is 3. The number of rotatable bonds is 6. The van der Waals surface area contributed by atoms with Crippen LogP contribution in [0.25, 0.3) is 22.4 Å². The highest BCUT2D eigenvalue weighted by molar-refractivity contribution is 5.91. The number of pyridine rings is 1. The minimum absolute atomic E-state index is 0.526. The van der Waals surface area contributed by atoms with Crippen molar-refractivity contribution >= 4 is 17.6 Å². The van der Waals surface area contributed by atoms with Gasteiger partial charge >= 0.3 is 0 Å². The van der Waals surface area contributed by atoms with E-state index in [0.717, 1.165) is 66.0 Å². The minimum atomic E-state index is 0.526. The SMILES string of the molecule is Cc1ccc(-c2nc(C=N)c(NCC3CCC(=N)CC3)cc2-c2ccc(C#N)cc2)cc1. The first kappa shape index (κ1) is 21.5. The van der Waals surface area contributed by atoms with Gasteiger partial charge in [0, 0.05) is 29.6 Å². The number of anilines is 1. The van der Waals surface area contributed by atoms with Gasteiger partial charge in [-0.2, -0.15) is 5.26 Å². The number of nitrogens with one attached hydrogen (secondary N) is 3. The topological polar surface area (TPSA) is 96.4 Å². The summed E-state index contributed by atoms with van der Waals surface area (Å²) < 4.78 is 0. The first-order valence-corrected chi connectivity index (χ1v) is 11.0. The van der Waals surface area contributed by atoms with Crippen LogP contribution in [-0.4, -0.2) is 23.5 Å². The molecule has 1 aliphatic rings. The molecule has 3 aromatic rings. The van der Waals surface area contributed by atoms with Gasteiger partial charge in [0.25, 0.3) is 0 Å². The molecule has 0 spiro atoms. The lowest BCUT2D eigenvalue weighted by molar-refractivity contribution is 0.463. The Hall–Kier alpha value is -3.78. The first-order chi connectivity index (χ1) is 15.6. The fourth-order valence-corrected chi connectivity index (χ4v) is 4.14. The van der Waals surface area contributed by atoms with Crippen molar-refractivity contribution in [3.8, 4) is 28.5 Å². The lowest BCUT2D eigenvalue weighted by atomic mass is 9.88. The van der Waals surface area contributed by atoms with E-state index in [-0.39, 0.29) is 0 Å². The molecular weight excluding hydrogens is 394 g/mol. The van der Waals surface area contributed by atoms with Crippen molar-refractivity contribution in [1.29, 1.82) is 16.1 Å². The summed E-state index contributed by atoms with van der Waals surface area (Å²) >= 11 is 0. The van der Waals surface area contributed by atoms with Gasteiger partial charge in [-0.1, -0.05) is 42.0 Å². The Labute approximate surface area is 189 Å². The fraction of sp³-hybridized carbons (Fsp3) is 0.259. The molecule has 0 bridgehead atoms. The zero-order chi connectivity index (χ0) is 22.5. The molecule has 3 N–H and O–H groups in total. The number of aryl methyl sites for hydroxylation is 1. The van der Waals surface area contributed by atoms with Crippen LogP contribution in [0, 0.1) is 35.0 Å². The molecule has 0 unspecified atom stereocenters. The summed E-state index contributed by atoms with van der Waals surface area (Å²) in [5.74, 6) is 0.526. The van der Waals surface area contributed by atoms with Crippen molar-refractivity contribution in [3.63, 3.8) is 0 Å². The standard InChI is InChI=1S/C27H27N5/c1-18-2-8-22(9-3-18)27-24(21-10-4-19(15-28)5-11-21)14-25(26(16-29)32-27)31-17-20-6-12-23(30)13-7-20/h2-5,8-11,14,16,20,29-31H,6-7,12-13,17H2,1H3. The third kappa shape index (κ3) is 4.76. The molecular formula is C27H27N5. The maximum atomic E-state index is 9.17. The van der Waals surface area contributed by atoms with E-state index >= 15 is 0 Å². The molecule has 1 aromatic heterocycles. The van der Waals surface area contributed by atoms with Gasteiger partial charge in [0.2, 0.25) is 0 Å². The van der Waals surface area contributed by atoms with Gasteiger partial charge in [0.15, 0.2) is 0 Å². The highest BCUT2D eigenvalue weighted by atomic mass is 14.9. The van der Waals surface area contributed by atoms with Gasteiger partial charge in [-0.3, -0.25) is 0 Å². The minimum Gasteiger partial charge on any atom is -0.383 e. The normalized spacial score (nSPS) is 15.8. The average molecular weight is 422 g/mol. The van der Waals surface area contributed by atoms with E-state index in [1.165, 1.54) is 11.8 Å².